The van der Waals surface area contributed by atoms with Crippen molar-refractivity contribution < 1.29 is 4.74 Å². The molecule has 26 heavy (non-hydrogen) atoms. The van der Waals surface area contributed by atoms with Gasteiger partial charge in [0.2, 0.25) is 0 Å². The number of H-pyrrole nitrogens is 1. The number of fused-ring (bicyclic) bond motifs is 1. The van der Waals surface area contributed by atoms with Crippen LogP contribution in [0.4, 0.5) is 0 Å². The summed E-state index contributed by atoms with van der Waals surface area (Å²) in [6.45, 7) is 6.44. The van der Waals surface area contributed by atoms with Crippen LogP contribution in [0.5, 0.6) is 0 Å². The Morgan fingerprint density at radius 2 is 1.96 bits per heavy atom. The van der Waals surface area contributed by atoms with Crippen LogP contribution >= 0.6 is 22.9 Å². The van der Waals surface area contributed by atoms with E-state index in [0.29, 0.717) is 22.1 Å². The topological polar surface area (TPSA) is 58.2 Å². The highest BCUT2D eigenvalue weighted by atomic mass is 35.5. The van der Waals surface area contributed by atoms with Gasteiger partial charge in [0.25, 0.3) is 5.56 Å². The van der Waals surface area contributed by atoms with Gasteiger partial charge in [-0.25, -0.2) is 4.98 Å². The molecule has 1 saturated heterocycles. The zero-order valence-electron chi connectivity index (χ0n) is 14.7. The maximum absolute atomic E-state index is 12.5. The van der Waals surface area contributed by atoms with E-state index in [1.165, 1.54) is 11.3 Å². The first-order valence-electron chi connectivity index (χ1n) is 8.64. The first kappa shape index (κ1) is 17.7. The third kappa shape index (κ3) is 3.69. The number of nitrogens with zero attached hydrogens (tertiary/aromatic N) is 2. The van der Waals surface area contributed by atoms with Crippen molar-refractivity contribution in [2.24, 2.45) is 0 Å². The molecule has 1 aromatic carbocycles. The number of morpholine rings is 1. The number of halogens is 1. The normalized spacial score (nSPS) is 21.3. The average molecular weight is 390 g/mol. The van der Waals surface area contributed by atoms with E-state index in [-0.39, 0.29) is 17.8 Å². The maximum Gasteiger partial charge on any atom is 0.268 e. The minimum absolute atomic E-state index is 0.0791. The van der Waals surface area contributed by atoms with Gasteiger partial charge in [-0.1, -0.05) is 23.7 Å². The molecule has 136 valence electrons. The van der Waals surface area contributed by atoms with E-state index in [2.05, 4.69) is 23.7 Å². The summed E-state index contributed by atoms with van der Waals surface area (Å²) in [5.41, 5.74) is 1.70. The van der Waals surface area contributed by atoms with Gasteiger partial charge in [0.15, 0.2) is 0 Å². The Bertz CT molecular complexity index is 973. The van der Waals surface area contributed by atoms with E-state index < -0.39 is 0 Å². The largest absolute Gasteiger partial charge is 0.373 e. The molecule has 0 radical (unpaired) electrons. The molecular formula is C19H20ClN3O2S. The SMILES string of the molecule is C[C@H]1CN(Cc2nc3cc(-c4ccc(Cl)cc4)sc3c(=O)[nH]2)C[C@H](C)O1. The summed E-state index contributed by atoms with van der Waals surface area (Å²) >= 11 is 7.41. The van der Waals surface area contributed by atoms with Crippen molar-refractivity contribution in [3.05, 3.63) is 51.5 Å². The number of hydrogen-bond donors (Lipinski definition) is 1. The maximum atomic E-state index is 12.5. The van der Waals surface area contributed by atoms with Crippen molar-refractivity contribution in [2.75, 3.05) is 13.1 Å². The van der Waals surface area contributed by atoms with Gasteiger partial charge in [-0.15, -0.1) is 11.3 Å². The number of thiophene rings is 1. The average Bonchev–Trinajstić information content (AvgIpc) is 2.99. The van der Waals surface area contributed by atoms with Crippen LogP contribution in [-0.2, 0) is 11.3 Å². The predicted octanol–water partition coefficient (Wildman–Crippen LogP) is 3.91. The third-order valence-corrected chi connectivity index (χ3v) is 5.85. The van der Waals surface area contributed by atoms with Gasteiger partial charge in [-0.3, -0.25) is 9.69 Å². The van der Waals surface area contributed by atoms with Crippen molar-refractivity contribution >= 4 is 33.2 Å². The lowest BCUT2D eigenvalue weighted by Gasteiger charge is -2.34. The van der Waals surface area contributed by atoms with Gasteiger partial charge in [-0.2, -0.15) is 0 Å². The summed E-state index contributed by atoms with van der Waals surface area (Å²) in [5, 5.41) is 0.696. The monoisotopic (exact) mass is 389 g/mol. The Kier molecular flexibility index (Phi) is 4.84. The molecule has 1 aliphatic rings. The van der Waals surface area contributed by atoms with Crippen molar-refractivity contribution in [2.45, 2.75) is 32.6 Å². The number of ether oxygens (including phenoxy) is 1. The minimum Gasteiger partial charge on any atom is -0.373 e. The Labute approximate surface area is 160 Å². The first-order valence-corrected chi connectivity index (χ1v) is 9.84. The van der Waals surface area contributed by atoms with Gasteiger partial charge >= 0.3 is 0 Å². The predicted molar refractivity (Wildman–Crippen MR) is 106 cm³/mol. The van der Waals surface area contributed by atoms with Crippen molar-refractivity contribution in [1.29, 1.82) is 0 Å². The van der Waals surface area contributed by atoms with E-state index in [1.54, 1.807) is 0 Å². The lowest BCUT2D eigenvalue weighted by atomic mass is 10.2. The molecule has 0 amide bonds. The molecule has 3 aromatic rings. The molecule has 2 aromatic heterocycles. The van der Waals surface area contributed by atoms with Gasteiger partial charge < -0.3 is 9.72 Å². The zero-order valence-corrected chi connectivity index (χ0v) is 16.2. The molecule has 0 unspecified atom stereocenters. The zero-order chi connectivity index (χ0) is 18.3. The van der Waals surface area contributed by atoms with Gasteiger partial charge in [-0.05, 0) is 37.6 Å². The second-order valence-electron chi connectivity index (χ2n) is 6.80. The molecule has 3 heterocycles. The fourth-order valence-corrected chi connectivity index (χ4v) is 4.57. The molecule has 7 heteroatoms. The summed E-state index contributed by atoms with van der Waals surface area (Å²) in [7, 11) is 0. The lowest BCUT2D eigenvalue weighted by Crippen LogP contribution is -2.45. The second kappa shape index (κ2) is 7.12. The Hall–Kier alpha value is -1.73. The van der Waals surface area contributed by atoms with E-state index in [9.17, 15) is 4.79 Å². The molecule has 1 fully saturated rings. The number of aromatic nitrogens is 2. The highest BCUT2D eigenvalue weighted by Gasteiger charge is 2.23. The van der Waals surface area contributed by atoms with E-state index >= 15 is 0 Å². The van der Waals surface area contributed by atoms with Crippen LogP contribution in [0.1, 0.15) is 19.7 Å². The summed E-state index contributed by atoms with van der Waals surface area (Å²) in [6, 6.07) is 9.60. The minimum atomic E-state index is -0.0791. The summed E-state index contributed by atoms with van der Waals surface area (Å²) < 4.78 is 6.42. The summed E-state index contributed by atoms with van der Waals surface area (Å²) in [6.07, 6.45) is 0.374. The van der Waals surface area contributed by atoms with E-state index in [0.717, 1.165) is 29.0 Å². The highest BCUT2D eigenvalue weighted by molar-refractivity contribution is 7.22. The third-order valence-electron chi connectivity index (χ3n) is 4.43. The standard InChI is InChI=1S/C19H20ClN3O2S/c1-11-8-23(9-12(2)25-11)10-17-21-15-7-16(26-18(15)19(24)22-17)13-3-5-14(20)6-4-13/h3-7,11-12H,8-10H2,1-2H3,(H,21,22,24)/t11-,12-/m0/s1. The molecule has 0 aliphatic carbocycles. The molecule has 0 spiro atoms. The van der Waals surface area contributed by atoms with Gasteiger partial charge in [0.1, 0.15) is 10.5 Å². The number of aromatic amines is 1. The summed E-state index contributed by atoms with van der Waals surface area (Å²) in [4.78, 5) is 23.4. The molecule has 5 nitrogen and oxygen atoms in total. The summed E-state index contributed by atoms with van der Waals surface area (Å²) in [5.74, 6) is 0.698. The Morgan fingerprint density at radius 3 is 2.65 bits per heavy atom. The van der Waals surface area contributed by atoms with Crippen LogP contribution in [0, 0.1) is 0 Å². The van der Waals surface area contributed by atoms with Crippen LogP contribution < -0.4 is 5.56 Å². The molecule has 1 N–H and O–H groups in total. The van der Waals surface area contributed by atoms with Crippen molar-refractivity contribution in [3.8, 4) is 10.4 Å². The van der Waals surface area contributed by atoms with Crippen LogP contribution in [0.25, 0.3) is 20.7 Å². The quantitative estimate of drug-likeness (QED) is 0.737. The van der Waals surface area contributed by atoms with Crippen molar-refractivity contribution in [1.82, 2.24) is 14.9 Å². The molecular weight excluding hydrogens is 370 g/mol. The van der Waals surface area contributed by atoms with E-state index in [1.807, 2.05) is 30.3 Å². The smallest absolute Gasteiger partial charge is 0.268 e. The number of nitrogens with one attached hydrogen (secondary N) is 1. The highest BCUT2D eigenvalue weighted by Crippen LogP contribution is 2.31. The number of hydrogen-bond acceptors (Lipinski definition) is 5. The first-order chi connectivity index (χ1) is 12.5. The van der Waals surface area contributed by atoms with Crippen LogP contribution in [0.15, 0.2) is 35.1 Å². The van der Waals surface area contributed by atoms with Crippen LogP contribution in [0.3, 0.4) is 0 Å². The number of benzene rings is 1. The van der Waals surface area contributed by atoms with Crippen LogP contribution in [-0.4, -0.2) is 40.2 Å². The van der Waals surface area contributed by atoms with Crippen LogP contribution in [0.2, 0.25) is 5.02 Å². The van der Waals surface area contributed by atoms with Crippen molar-refractivity contribution in [3.63, 3.8) is 0 Å². The fraction of sp³-hybridized carbons (Fsp3) is 0.368. The molecule has 0 saturated carbocycles. The molecule has 1 aliphatic heterocycles. The Morgan fingerprint density at radius 1 is 1.27 bits per heavy atom. The molecule has 4 rings (SSSR count). The van der Waals surface area contributed by atoms with E-state index in [4.69, 9.17) is 21.3 Å². The molecule has 0 bridgehead atoms. The van der Waals surface area contributed by atoms with Gasteiger partial charge in [0, 0.05) is 23.0 Å². The fourth-order valence-electron chi connectivity index (χ4n) is 3.44. The molecule has 2 atom stereocenters. The Balaban J connectivity index is 1.64. The lowest BCUT2D eigenvalue weighted by molar-refractivity contribution is -0.0710. The second-order valence-corrected chi connectivity index (χ2v) is 8.28. The van der Waals surface area contributed by atoms with Gasteiger partial charge in [0.05, 0.1) is 24.3 Å². The number of rotatable bonds is 3.